The number of ether oxygens (including phenoxy) is 1. The van der Waals surface area contributed by atoms with E-state index in [1.807, 2.05) is 12.3 Å². The fourth-order valence-corrected chi connectivity index (χ4v) is 2.58. The summed E-state index contributed by atoms with van der Waals surface area (Å²) in [5.41, 5.74) is 5.99. The first-order valence-electron chi connectivity index (χ1n) is 5.34. The van der Waals surface area contributed by atoms with Gasteiger partial charge in [0.2, 0.25) is 0 Å². The van der Waals surface area contributed by atoms with Crippen molar-refractivity contribution in [2.24, 2.45) is 0 Å². The topological polar surface area (TPSA) is 64.4 Å². The highest BCUT2D eigenvalue weighted by molar-refractivity contribution is 7.12. The molecule has 1 aliphatic rings. The highest BCUT2D eigenvalue weighted by Crippen LogP contribution is 2.22. The van der Waals surface area contributed by atoms with Crippen LogP contribution in [-0.4, -0.2) is 24.7 Å². The van der Waals surface area contributed by atoms with Crippen LogP contribution in [0.25, 0.3) is 0 Å². The molecular formula is C11H16N2O2S. The van der Waals surface area contributed by atoms with Crippen LogP contribution >= 0.6 is 11.3 Å². The summed E-state index contributed by atoms with van der Waals surface area (Å²) in [5.74, 6) is -0.0968. The smallest absolute Gasteiger partial charge is 0.263 e. The van der Waals surface area contributed by atoms with E-state index in [1.54, 1.807) is 6.07 Å². The lowest BCUT2D eigenvalue weighted by atomic mass is 9.95. The standard InChI is InChI=1S/C11H16N2O2S/c1-11(4-2-5-15-7-11)13-10(14)9-8(12)3-6-16-9/h3,6H,2,4-5,7,12H2,1H3,(H,13,14). The van der Waals surface area contributed by atoms with Gasteiger partial charge in [-0.25, -0.2) is 0 Å². The average Bonchev–Trinajstić information content (AvgIpc) is 2.65. The number of hydrogen-bond acceptors (Lipinski definition) is 4. The minimum atomic E-state index is -0.258. The van der Waals surface area contributed by atoms with E-state index in [9.17, 15) is 4.79 Å². The number of anilines is 1. The molecule has 1 aromatic rings. The van der Waals surface area contributed by atoms with Gasteiger partial charge in [-0.2, -0.15) is 0 Å². The number of nitrogen functional groups attached to an aromatic ring is 1. The van der Waals surface area contributed by atoms with Crippen LogP contribution in [0.15, 0.2) is 11.4 Å². The Morgan fingerprint density at radius 1 is 1.69 bits per heavy atom. The Bertz CT molecular complexity index is 383. The summed E-state index contributed by atoms with van der Waals surface area (Å²) in [6.07, 6.45) is 1.93. The van der Waals surface area contributed by atoms with Gasteiger partial charge in [0.05, 0.1) is 17.8 Å². The van der Waals surface area contributed by atoms with E-state index in [0.717, 1.165) is 19.4 Å². The van der Waals surface area contributed by atoms with Gasteiger partial charge in [-0.1, -0.05) is 0 Å². The molecule has 0 aromatic carbocycles. The molecule has 1 aromatic heterocycles. The van der Waals surface area contributed by atoms with Crippen molar-refractivity contribution in [3.8, 4) is 0 Å². The van der Waals surface area contributed by atoms with Crippen LogP contribution in [0.3, 0.4) is 0 Å². The third-order valence-electron chi connectivity index (χ3n) is 2.76. The Labute approximate surface area is 98.8 Å². The van der Waals surface area contributed by atoms with Crippen LogP contribution in [0.5, 0.6) is 0 Å². The number of carbonyl (C=O) groups excluding carboxylic acids is 1. The Hall–Kier alpha value is -1.07. The molecular weight excluding hydrogens is 224 g/mol. The van der Waals surface area contributed by atoms with Gasteiger partial charge in [0.1, 0.15) is 4.88 Å². The van der Waals surface area contributed by atoms with Gasteiger partial charge in [-0.3, -0.25) is 4.79 Å². The second-order valence-corrected chi connectivity index (χ2v) is 5.29. The van der Waals surface area contributed by atoms with Crippen molar-refractivity contribution in [1.29, 1.82) is 0 Å². The SMILES string of the molecule is CC1(NC(=O)c2sccc2N)CCCOC1. The molecule has 1 atom stereocenters. The van der Waals surface area contributed by atoms with E-state index < -0.39 is 0 Å². The number of rotatable bonds is 2. The molecule has 88 valence electrons. The molecule has 5 heteroatoms. The largest absolute Gasteiger partial charge is 0.397 e. The van der Waals surface area contributed by atoms with E-state index in [2.05, 4.69) is 5.32 Å². The van der Waals surface area contributed by atoms with Crippen molar-refractivity contribution < 1.29 is 9.53 Å². The maximum absolute atomic E-state index is 12.0. The summed E-state index contributed by atoms with van der Waals surface area (Å²) in [7, 11) is 0. The van der Waals surface area contributed by atoms with Crippen LogP contribution in [0.1, 0.15) is 29.4 Å². The van der Waals surface area contributed by atoms with Gasteiger partial charge in [0.25, 0.3) is 5.91 Å². The fraction of sp³-hybridized carbons (Fsp3) is 0.545. The fourth-order valence-electron chi connectivity index (χ4n) is 1.87. The van der Waals surface area contributed by atoms with E-state index in [-0.39, 0.29) is 11.4 Å². The van der Waals surface area contributed by atoms with Crippen molar-refractivity contribution >= 4 is 22.9 Å². The summed E-state index contributed by atoms with van der Waals surface area (Å²) in [5, 5.41) is 4.83. The van der Waals surface area contributed by atoms with Crippen molar-refractivity contribution in [3.05, 3.63) is 16.3 Å². The van der Waals surface area contributed by atoms with Crippen LogP contribution in [0.2, 0.25) is 0 Å². The first-order chi connectivity index (χ1) is 7.61. The van der Waals surface area contributed by atoms with Crippen molar-refractivity contribution in [3.63, 3.8) is 0 Å². The second-order valence-electron chi connectivity index (χ2n) is 4.38. The monoisotopic (exact) mass is 240 g/mol. The molecule has 0 spiro atoms. The van der Waals surface area contributed by atoms with Crippen LogP contribution < -0.4 is 11.1 Å². The lowest BCUT2D eigenvalue weighted by Crippen LogP contribution is -2.51. The molecule has 16 heavy (non-hydrogen) atoms. The van der Waals surface area contributed by atoms with E-state index in [1.165, 1.54) is 11.3 Å². The van der Waals surface area contributed by atoms with Gasteiger partial charge in [-0.15, -0.1) is 11.3 Å². The molecule has 1 aliphatic heterocycles. The van der Waals surface area contributed by atoms with Crippen LogP contribution in [0, 0.1) is 0 Å². The molecule has 1 amide bonds. The summed E-state index contributed by atoms with van der Waals surface area (Å²) < 4.78 is 5.39. The third-order valence-corrected chi connectivity index (χ3v) is 3.68. The molecule has 0 bridgehead atoms. The van der Waals surface area contributed by atoms with Gasteiger partial charge in [0, 0.05) is 6.61 Å². The quantitative estimate of drug-likeness (QED) is 0.825. The molecule has 0 saturated carbocycles. The number of thiophene rings is 1. The zero-order valence-corrected chi connectivity index (χ0v) is 10.1. The predicted octanol–water partition coefficient (Wildman–Crippen LogP) is 1.63. The Kier molecular flexibility index (Phi) is 3.16. The summed E-state index contributed by atoms with van der Waals surface area (Å²) in [6.45, 7) is 3.37. The van der Waals surface area contributed by atoms with Gasteiger partial charge in [0.15, 0.2) is 0 Å². The van der Waals surface area contributed by atoms with Crippen LogP contribution in [-0.2, 0) is 4.74 Å². The van der Waals surface area contributed by atoms with Crippen molar-refractivity contribution in [2.75, 3.05) is 18.9 Å². The number of hydrogen-bond donors (Lipinski definition) is 2. The number of nitrogens with one attached hydrogen (secondary N) is 1. The van der Waals surface area contributed by atoms with Gasteiger partial charge < -0.3 is 15.8 Å². The Balaban J connectivity index is 2.04. The van der Waals surface area contributed by atoms with Crippen molar-refractivity contribution in [2.45, 2.75) is 25.3 Å². The van der Waals surface area contributed by atoms with E-state index in [0.29, 0.717) is 17.2 Å². The normalized spacial score (nSPS) is 25.3. The second kappa shape index (κ2) is 4.43. The molecule has 2 heterocycles. The first kappa shape index (κ1) is 11.4. The highest BCUT2D eigenvalue weighted by atomic mass is 32.1. The zero-order valence-electron chi connectivity index (χ0n) is 9.29. The highest BCUT2D eigenvalue weighted by Gasteiger charge is 2.30. The zero-order chi connectivity index (χ0) is 11.6. The lowest BCUT2D eigenvalue weighted by Gasteiger charge is -2.34. The first-order valence-corrected chi connectivity index (χ1v) is 6.22. The Morgan fingerprint density at radius 2 is 2.50 bits per heavy atom. The summed E-state index contributed by atoms with van der Waals surface area (Å²) in [6, 6.07) is 1.75. The summed E-state index contributed by atoms with van der Waals surface area (Å²) >= 11 is 1.37. The number of nitrogens with two attached hydrogens (primary N) is 1. The molecule has 0 radical (unpaired) electrons. The number of amides is 1. The minimum absolute atomic E-state index is 0.0968. The average molecular weight is 240 g/mol. The third kappa shape index (κ3) is 2.36. The minimum Gasteiger partial charge on any atom is -0.397 e. The van der Waals surface area contributed by atoms with Gasteiger partial charge in [-0.05, 0) is 31.2 Å². The molecule has 4 nitrogen and oxygen atoms in total. The molecule has 3 N–H and O–H groups in total. The number of carbonyl (C=O) groups is 1. The maximum atomic E-state index is 12.0. The van der Waals surface area contributed by atoms with Crippen molar-refractivity contribution in [1.82, 2.24) is 5.32 Å². The molecule has 0 aliphatic carbocycles. The lowest BCUT2D eigenvalue weighted by molar-refractivity contribution is 0.0274. The molecule has 1 unspecified atom stereocenters. The molecule has 1 fully saturated rings. The molecule has 2 rings (SSSR count). The maximum Gasteiger partial charge on any atom is 0.263 e. The van der Waals surface area contributed by atoms with E-state index >= 15 is 0 Å². The molecule has 1 saturated heterocycles. The summed E-state index contributed by atoms with van der Waals surface area (Å²) in [4.78, 5) is 12.6. The van der Waals surface area contributed by atoms with Crippen LogP contribution in [0.4, 0.5) is 5.69 Å². The Morgan fingerprint density at radius 3 is 3.06 bits per heavy atom. The van der Waals surface area contributed by atoms with E-state index in [4.69, 9.17) is 10.5 Å². The van der Waals surface area contributed by atoms with Gasteiger partial charge >= 0.3 is 0 Å². The predicted molar refractivity (Wildman–Crippen MR) is 64.7 cm³/mol.